The lowest BCUT2D eigenvalue weighted by Crippen LogP contribution is -2.46. The molecule has 108 valence electrons. The molecule has 0 aromatic carbocycles. The highest BCUT2D eigenvalue weighted by atomic mass is 19.4. The first kappa shape index (κ1) is 14.4. The Morgan fingerprint density at radius 2 is 2.16 bits per heavy atom. The van der Waals surface area contributed by atoms with Gasteiger partial charge in [0.25, 0.3) is 0 Å². The molecule has 3 unspecified atom stereocenters. The highest BCUT2D eigenvalue weighted by Gasteiger charge is 2.45. The minimum Gasteiger partial charge on any atom is -0.347 e. The standard InChI is InChI=1S/C13H20F3N3/c1-2-10(12-17-7-8-18-12)19-11-6-4-3-5-9(11)13(14,15)16/h7-11,19H,2-6H2,1H3,(H,17,18). The zero-order valence-corrected chi connectivity index (χ0v) is 11.0. The molecule has 0 spiro atoms. The summed E-state index contributed by atoms with van der Waals surface area (Å²) in [7, 11) is 0. The fourth-order valence-electron chi connectivity index (χ4n) is 2.84. The molecule has 0 bridgehead atoms. The number of H-pyrrole nitrogens is 1. The van der Waals surface area contributed by atoms with Crippen LogP contribution in [0.4, 0.5) is 13.2 Å². The molecule has 2 rings (SSSR count). The molecule has 19 heavy (non-hydrogen) atoms. The van der Waals surface area contributed by atoms with E-state index in [0.29, 0.717) is 25.1 Å². The Morgan fingerprint density at radius 1 is 1.42 bits per heavy atom. The first-order chi connectivity index (χ1) is 9.02. The monoisotopic (exact) mass is 275 g/mol. The average molecular weight is 275 g/mol. The fourth-order valence-corrected chi connectivity index (χ4v) is 2.84. The molecule has 1 aromatic heterocycles. The summed E-state index contributed by atoms with van der Waals surface area (Å²) in [6.45, 7) is 1.95. The van der Waals surface area contributed by atoms with Crippen molar-refractivity contribution in [1.29, 1.82) is 0 Å². The molecular formula is C13H20F3N3. The fraction of sp³-hybridized carbons (Fsp3) is 0.769. The zero-order chi connectivity index (χ0) is 13.9. The Balaban J connectivity index is 2.06. The first-order valence-corrected chi connectivity index (χ1v) is 6.84. The van der Waals surface area contributed by atoms with Crippen LogP contribution in [0.15, 0.2) is 12.4 Å². The summed E-state index contributed by atoms with van der Waals surface area (Å²) in [5, 5.41) is 3.15. The third kappa shape index (κ3) is 3.49. The van der Waals surface area contributed by atoms with E-state index >= 15 is 0 Å². The summed E-state index contributed by atoms with van der Waals surface area (Å²) in [5.74, 6) is -0.515. The molecule has 0 amide bonds. The van der Waals surface area contributed by atoms with Gasteiger partial charge in [-0.1, -0.05) is 19.8 Å². The van der Waals surface area contributed by atoms with Gasteiger partial charge in [0.2, 0.25) is 0 Å². The Morgan fingerprint density at radius 3 is 2.74 bits per heavy atom. The third-order valence-electron chi connectivity index (χ3n) is 3.86. The van der Waals surface area contributed by atoms with Gasteiger partial charge in [-0.15, -0.1) is 0 Å². The molecule has 0 radical (unpaired) electrons. The smallest absolute Gasteiger partial charge is 0.347 e. The largest absolute Gasteiger partial charge is 0.393 e. The van der Waals surface area contributed by atoms with E-state index < -0.39 is 18.1 Å². The van der Waals surface area contributed by atoms with E-state index in [1.165, 1.54) is 0 Å². The van der Waals surface area contributed by atoms with Crippen molar-refractivity contribution in [3.63, 3.8) is 0 Å². The van der Waals surface area contributed by atoms with Gasteiger partial charge in [0.15, 0.2) is 0 Å². The van der Waals surface area contributed by atoms with Crippen LogP contribution < -0.4 is 5.32 Å². The molecule has 2 N–H and O–H groups in total. The van der Waals surface area contributed by atoms with Crippen molar-refractivity contribution in [2.24, 2.45) is 5.92 Å². The quantitative estimate of drug-likeness (QED) is 0.882. The normalized spacial score (nSPS) is 26.3. The lowest BCUT2D eigenvalue weighted by atomic mass is 9.83. The van der Waals surface area contributed by atoms with E-state index in [4.69, 9.17) is 0 Å². The number of hydrogen-bond acceptors (Lipinski definition) is 2. The third-order valence-corrected chi connectivity index (χ3v) is 3.86. The second-order valence-electron chi connectivity index (χ2n) is 5.14. The predicted molar refractivity (Wildman–Crippen MR) is 66.6 cm³/mol. The number of hydrogen-bond donors (Lipinski definition) is 2. The molecule has 1 aliphatic carbocycles. The Bertz CT molecular complexity index is 375. The number of aromatic nitrogens is 2. The molecule has 6 heteroatoms. The van der Waals surface area contributed by atoms with Crippen molar-refractivity contribution in [2.45, 2.75) is 57.3 Å². The molecular weight excluding hydrogens is 255 g/mol. The molecule has 0 aliphatic heterocycles. The van der Waals surface area contributed by atoms with Gasteiger partial charge in [0, 0.05) is 18.4 Å². The maximum absolute atomic E-state index is 13.0. The van der Waals surface area contributed by atoms with Crippen molar-refractivity contribution in [3.05, 3.63) is 18.2 Å². The SMILES string of the molecule is CCC(NC1CCCCC1C(F)(F)F)c1ncc[nH]1. The number of nitrogens with zero attached hydrogens (tertiary/aromatic N) is 1. The zero-order valence-electron chi connectivity index (χ0n) is 11.0. The number of nitrogens with one attached hydrogen (secondary N) is 2. The highest BCUT2D eigenvalue weighted by Crippen LogP contribution is 2.38. The first-order valence-electron chi connectivity index (χ1n) is 6.84. The van der Waals surface area contributed by atoms with Crippen LogP contribution in [0.2, 0.25) is 0 Å². The number of alkyl halides is 3. The van der Waals surface area contributed by atoms with Crippen molar-refractivity contribution >= 4 is 0 Å². The number of halogens is 3. The van der Waals surface area contributed by atoms with Crippen molar-refractivity contribution in [2.75, 3.05) is 0 Å². The van der Waals surface area contributed by atoms with Gasteiger partial charge >= 0.3 is 6.18 Å². The van der Waals surface area contributed by atoms with Crippen LogP contribution in [0.25, 0.3) is 0 Å². The molecule has 1 saturated carbocycles. The van der Waals surface area contributed by atoms with E-state index in [-0.39, 0.29) is 12.5 Å². The van der Waals surface area contributed by atoms with Crippen molar-refractivity contribution in [3.8, 4) is 0 Å². The Labute approximate surface area is 111 Å². The highest BCUT2D eigenvalue weighted by molar-refractivity contribution is 4.98. The van der Waals surface area contributed by atoms with Gasteiger partial charge in [0.1, 0.15) is 5.82 Å². The van der Waals surface area contributed by atoms with E-state index in [0.717, 1.165) is 6.42 Å². The summed E-state index contributed by atoms with van der Waals surface area (Å²) < 4.78 is 39.1. The van der Waals surface area contributed by atoms with E-state index in [2.05, 4.69) is 15.3 Å². The van der Waals surface area contributed by atoms with Gasteiger partial charge in [-0.25, -0.2) is 4.98 Å². The molecule has 1 aromatic rings. The van der Waals surface area contributed by atoms with Crippen LogP contribution >= 0.6 is 0 Å². The second kappa shape index (κ2) is 5.94. The summed E-state index contributed by atoms with van der Waals surface area (Å²) >= 11 is 0. The molecule has 1 aliphatic rings. The number of imidazole rings is 1. The molecule has 1 fully saturated rings. The molecule has 3 nitrogen and oxygen atoms in total. The van der Waals surface area contributed by atoms with Crippen LogP contribution in [-0.2, 0) is 0 Å². The summed E-state index contributed by atoms with van der Waals surface area (Å²) in [6, 6.07) is -0.633. The number of rotatable bonds is 4. The molecule has 1 heterocycles. The lowest BCUT2D eigenvalue weighted by molar-refractivity contribution is -0.189. The van der Waals surface area contributed by atoms with Gasteiger partial charge in [-0.05, 0) is 19.3 Å². The molecule has 0 saturated heterocycles. The second-order valence-corrected chi connectivity index (χ2v) is 5.14. The van der Waals surface area contributed by atoms with E-state index in [9.17, 15) is 13.2 Å². The average Bonchev–Trinajstić information content (AvgIpc) is 2.89. The van der Waals surface area contributed by atoms with Gasteiger partial charge < -0.3 is 10.3 Å². The van der Waals surface area contributed by atoms with E-state index in [1.807, 2.05) is 6.92 Å². The summed E-state index contributed by atoms with van der Waals surface area (Å²) in [5.41, 5.74) is 0. The minimum absolute atomic E-state index is 0.136. The van der Waals surface area contributed by atoms with Crippen molar-refractivity contribution < 1.29 is 13.2 Å². The van der Waals surface area contributed by atoms with Crippen LogP contribution in [-0.4, -0.2) is 22.2 Å². The van der Waals surface area contributed by atoms with Gasteiger partial charge in [-0.2, -0.15) is 13.2 Å². The van der Waals surface area contributed by atoms with E-state index in [1.54, 1.807) is 12.4 Å². The maximum atomic E-state index is 13.0. The van der Waals surface area contributed by atoms with Gasteiger partial charge in [-0.3, -0.25) is 0 Å². The number of aromatic amines is 1. The Kier molecular flexibility index (Phi) is 4.50. The van der Waals surface area contributed by atoms with Crippen LogP contribution in [0.1, 0.15) is 50.9 Å². The van der Waals surface area contributed by atoms with Crippen LogP contribution in [0.3, 0.4) is 0 Å². The summed E-state index contributed by atoms with van der Waals surface area (Å²) in [6.07, 6.45) is 2.27. The topological polar surface area (TPSA) is 40.7 Å². The van der Waals surface area contributed by atoms with Crippen LogP contribution in [0, 0.1) is 5.92 Å². The predicted octanol–water partition coefficient (Wildman–Crippen LogP) is 3.57. The summed E-state index contributed by atoms with van der Waals surface area (Å²) in [4.78, 5) is 7.12. The van der Waals surface area contributed by atoms with Crippen LogP contribution in [0.5, 0.6) is 0 Å². The molecule has 3 atom stereocenters. The lowest BCUT2D eigenvalue weighted by Gasteiger charge is -2.35. The van der Waals surface area contributed by atoms with Crippen molar-refractivity contribution in [1.82, 2.24) is 15.3 Å². The maximum Gasteiger partial charge on any atom is 0.393 e. The Hall–Kier alpha value is -1.04. The van der Waals surface area contributed by atoms with Gasteiger partial charge in [0.05, 0.1) is 12.0 Å². The minimum atomic E-state index is -4.11.